The third-order valence-corrected chi connectivity index (χ3v) is 12.1. The summed E-state index contributed by atoms with van der Waals surface area (Å²) in [5, 5.41) is 23.4. The number of fused-ring (bicyclic) bond motifs is 1. The Balaban J connectivity index is 1.69. The molecule has 206 valence electrons. The van der Waals surface area contributed by atoms with Crippen molar-refractivity contribution in [2.45, 2.75) is 45.3 Å². The number of hydrazine groups is 1. The normalized spacial score (nSPS) is 11.5. The number of nitriles is 1. The van der Waals surface area contributed by atoms with Gasteiger partial charge in [0, 0.05) is 36.7 Å². The van der Waals surface area contributed by atoms with Gasteiger partial charge in [0.05, 0.1) is 15.1 Å². The molecule has 1 heterocycles. The summed E-state index contributed by atoms with van der Waals surface area (Å²) in [4.78, 5) is 29.4. The van der Waals surface area contributed by atoms with Crippen LogP contribution in [-0.2, 0) is 4.43 Å². The van der Waals surface area contributed by atoms with Gasteiger partial charge in [0.25, 0.3) is 5.69 Å². The summed E-state index contributed by atoms with van der Waals surface area (Å²) in [6.07, 6.45) is 0.607. The molecule has 0 fully saturated rings. The number of hydrogen-bond acceptors (Lipinski definition) is 8. The number of thiocarbonyl (C=S) groups is 1. The summed E-state index contributed by atoms with van der Waals surface area (Å²) >= 11 is 6.52. The monoisotopic (exact) mass is 585 g/mol. The minimum atomic E-state index is -1.93. The lowest BCUT2D eigenvalue weighted by Crippen LogP contribution is -2.50. The molecule has 0 aliphatic carbocycles. The highest BCUT2D eigenvalue weighted by Gasteiger charge is 2.36. The summed E-state index contributed by atoms with van der Waals surface area (Å²) in [6.45, 7) is 11.8. The summed E-state index contributed by atoms with van der Waals surface area (Å²) in [7, 11) is -1.93. The molecule has 0 aliphatic rings. The van der Waals surface area contributed by atoms with E-state index in [1.807, 2.05) is 6.07 Å². The van der Waals surface area contributed by atoms with E-state index in [0.717, 1.165) is 4.70 Å². The maximum absolute atomic E-state index is 13.3. The molecule has 14 heteroatoms. The van der Waals surface area contributed by atoms with Crippen molar-refractivity contribution in [3.63, 3.8) is 0 Å². The van der Waals surface area contributed by atoms with Crippen LogP contribution in [0.2, 0.25) is 18.1 Å². The SMILES string of the molecule is CC(C)(C)[Si](C)(C)OCCCN(C(=O)NNC(=S)Nc1ccc([N+](=O)[O-])cc1)c1ccc2nc(C#N)sc2c1. The number of benzene rings is 2. The van der Waals surface area contributed by atoms with E-state index in [9.17, 15) is 20.2 Å². The van der Waals surface area contributed by atoms with Crippen molar-refractivity contribution in [3.05, 3.63) is 57.6 Å². The molecule has 3 aromatic rings. The second-order valence-corrected chi connectivity index (χ2v) is 16.5. The Bertz CT molecular complexity index is 1400. The van der Waals surface area contributed by atoms with Crippen molar-refractivity contribution in [1.29, 1.82) is 5.26 Å². The molecule has 3 N–H and O–H groups in total. The molecule has 2 aromatic carbocycles. The van der Waals surface area contributed by atoms with Crippen molar-refractivity contribution in [2.75, 3.05) is 23.4 Å². The Morgan fingerprint density at radius 2 is 1.92 bits per heavy atom. The van der Waals surface area contributed by atoms with Gasteiger partial charge < -0.3 is 9.74 Å². The van der Waals surface area contributed by atoms with Gasteiger partial charge in [-0.15, -0.1) is 11.3 Å². The van der Waals surface area contributed by atoms with Gasteiger partial charge in [0.2, 0.25) is 0 Å². The third kappa shape index (κ3) is 7.93. The molecule has 39 heavy (non-hydrogen) atoms. The van der Waals surface area contributed by atoms with E-state index < -0.39 is 19.3 Å². The smallest absolute Gasteiger partial charge is 0.340 e. The first-order chi connectivity index (χ1) is 18.3. The van der Waals surface area contributed by atoms with Crippen LogP contribution in [0.1, 0.15) is 32.2 Å². The van der Waals surface area contributed by atoms with E-state index >= 15 is 0 Å². The lowest BCUT2D eigenvalue weighted by molar-refractivity contribution is -0.384. The maximum atomic E-state index is 13.3. The second-order valence-electron chi connectivity index (χ2n) is 10.2. The van der Waals surface area contributed by atoms with Crippen LogP contribution in [-0.4, -0.2) is 42.5 Å². The second kappa shape index (κ2) is 12.5. The molecule has 11 nitrogen and oxygen atoms in total. The zero-order chi connectivity index (χ0) is 28.8. The van der Waals surface area contributed by atoms with Crippen LogP contribution >= 0.6 is 23.6 Å². The number of nitro groups is 1. The van der Waals surface area contributed by atoms with E-state index in [2.05, 4.69) is 61.1 Å². The Morgan fingerprint density at radius 1 is 1.23 bits per heavy atom. The fourth-order valence-corrected chi connectivity index (χ4v) is 5.30. The van der Waals surface area contributed by atoms with Gasteiger partial charge in [-0.3, -0.25) is 20.4 Å². The van der Waals surface area contributed by atoms with Crippen molar-refractivity contribution in [1.82, 2.24) is 15.8 Å². The number of rotatable bonds is 8. The van der Waals surface area contributed by atoms with Crippen LogP contribution in [0.5, 0.6) is 0 Å². The Morgan fingerprint density at radius 3 is 2.54 bits per heavy atom. The number of nitro benzene ring substituents is 1. The average Bonchev–Trinajstić information content (AvgIpc) is 3.29. The number of anilines is 2. The van der Waals surface area contributed by atoms with Crippen molar-refractivity contribution in [3.8, 4) is 6.07 Å². The number of thiazole rings is 1. The van der Waals surface area contributed by atoms with Crippen LogP contribution in [0.15, 0.2) is 42.5 Å². The number of nitrogens with one attached hydrogen (secondary N) is 3. The Labute approximate surface area is 237 Å². The molecule has 2 amide bonds. The first-order valence-corrected chi connectivity index (χ1v) is 16.3. The number of carbonyl (C=O) groups excluding carboxylic acids is 1. The molecule has 0 radical (unpaired) electrons. The molecule has 0 spiro atoms. The Kier molecular flexibility index (Phi) is 9.57. The van der Waals surface area contributed by atoms with E-state index in [4.69, 9.17) is 16.6 Å². The predicted molar refractivity (Wildman–Crippen MR) is 160 cm³/mol. The van der Waals surface area contributed by atoms with E-state index in [1.165, 1.54) is 35.6 Å². The lowest BCUT2D eigenvalue weighted by atomic mass is 10.2. The van der Waals surface area contributed by atoms with Crippen LogP contribution in [0.25, 0.3) is 10.2 Å². The van der Waals surface area contributed by atoms with Crippen LogP contribution in [0, 0.1) is 21.4 Å². The van der Waals surface area contributed by atoms with E-state index in [0.29, 0.717) is 41.5 Å². The fourth-order valence-electron chi connectivity index (χ4n) is 3.25. The van der Waals surface area contributed by atoms with E-state index in [-0.39, 0.29) is 15.8 Å². The molecule has 1 aromatic heterocycles. The molecule has 0 bridgehead atoms. The summed E-state index contributed by atoms with van der Waals surface area (Å²) in [5.74, 6) is 0. The van der Waals surface area contributed by atoms with Crippen LogP contribution < -0.4 is 21.1 Å². The highest BCUT2D eigenvalue weighted by atomic mass is 32.1. The first-order valence-electron chi connectivity index (χ1n) is 12.1. The van der Waals surface area contributed by atoms with E-state index in [1.54, 1.807) is 17.0 Å². The average molecular weight is 586 g/mol. The van der Waals surface area contributed by atoms with Gasteiger partial charge in [-0.1, -0.05) is 20.8 Å². The van der Waals surface area contributed by atoms with Gasteiger partial charge in [-0.25, -0.2) is 15.2 Å². The largest absolute Gasteiger partial charge is 0.417 e. The van der Waals surface area contributed by atoms with Crippen molar-refractivity contribution < 1.29 is 14.1 Å². The molecule has 0 saturated heterocycles. The topological polar surface area (TPSA) is 145 Å². The maximum Gasteiger partial charge on any atom is 0.340 e. The highest BCUT2D eigenvalue weighted by molar-refractivity contribution is 7.80. The zero-order valence-electron chi connectivity index (χ0n) is 22.4. The number of non-ortho nitro benzene ring substituents is 1. The summed E-state index contributed by atoms with van der Waals surface area (Å²) in [6, 6.07) is 12.7. The standard InChI is InChI=1S/C25H31N7O4S2Si/c1-25(2,3)39(4,5)36-14-6-13-31(19-11-12-20-21(15-19)38-22(16-26)28-20)24(33)30-29-23(37)27-17-7-9-18(10-8-17)32(34)35/h7-12,15H,6,13-14H2,1-5H3,(H,30,33)(H2,27,29,37). The molecular formula is C25H31N7O4S2Si. The van der Waals surface area contributed by atoms with Crippen molar-refractivity contribution in [2.24, 2.45) is 0 Å². The number of amides is 2. The molecule has 0 atom stereocenters. The number of hydrogen-bond donors (Lipinski definition) is 3. The quantitative estimate of drug-likeness (QED) is 0.0966. The summed E-state index contributed by atoms with van der Waals surface area (Å²) in [5.41, 5.74) is 7.08. The molecule has 0 unspecified atom stereocenters. The predicted octanol–water partition coefficient (Wildman–Crippen LogP) is 5.91. The minimum absolute atomic E-state index is 0.0410. The van der Waals surface area contributed by atoms with Crippen molar-refractivity contribution >= 4 is 70.3 Å². The van der Waals surface area contributed by atoms with Crippen LogP contribution in [0.3, 0.4) is 0 Å². The summed E-state index contributed by atoms with van der Waals surface area (Å²) < 4.78 is 7.08. The third-order valence-electron chi connectivity index (χ3n) is 6.44. The molecule has 3 rings (SSSR count). The fraction of sp³-hybridized carbons (Fsp3) is 0.360. The zero-order valence-corrected chi connectivity index (χ0v) is 25.0. The van der Waals surface area contributed by atoms with Gasteiger partial charge in [-0.05, 0) is 67.1 Å². The number of nitrogens with zero attached hydrogens (tertiary/aromatic N) is 4. The minimum Gasteiger partial charge on any atom is -0.417 e. The van der Waals surface area contributed by atoms with Gasteiger partial charge in [0.1, 0.15) is 6.07 Å². The van der Waals surface area contributed by atoms with Crippen LogP contribution in [0.4, 0.5) is 21.9 Å². The Hall–Kier alpha value is -3.64. The van der Waals surface area contributed by atoms with Gasteiger partial charge >= 0.3 is 6.03 Å². The lowest BCUT2D eigenvalue weighted by Gasteiger charge is -2.36. The van der Waals surface area contributed by atoms with Gasteiger partial charge in [-0.2, -0.15) is 5.26 Å². The number of carbonyl (C=O) groups is 1. The number of aromatic nitrogens is 1. The molecule has 0 aliphatic heterocycles. The molecular weight excluding hydrogens is 555 g/mol. The first kappa shape index (κ1) is 29.9. The molecule has 0 saturated carbocycles. The highest BCUT2D eigenvalue weighted by Crippen LogP contribution is 2.36. The van der Waals surface area contributed by atoms with Gasteiger partial charge in [0.15, 0.2) is 18.4 Å². The number of urea groups is 1.